The number of hydrogen-bond acceptors (Lipinski definition) is 3. The van der Waals surface area contributed by atoms with E-state index in [1.165, 1.54) is 19.3 Å². The van der Waals surface area contributed by atoms with Crippen molar-refractivity contribution in [1.82, 2.24) is 10.3 Å². The first-order valence-electron chi connectivity index (χ1n) is 6.31. The number of ether oxygens (including phenoxy) is 1. The van der Waals surface area contributed by atoms with Gasteiger partial charge in [-0.2, -0.15) is 0 Å². The highest BCUT2D eigenvalue weighted by molar-refractivity contribution is 5.45. The lowest BCUT2D eigenvalue weighted by atomic mass is 9.72. The second-order valence-corrected chi connectivity index (χ2v) is 5.08. The fourth-order valence-electron chi connectivity index (χ4n) is 2.77. The van der Waals surface area contributed by atoms with E-state index in [1.807, 2.05) is 12.1 Å². The van der Waals surface area contributed by atoms with Gasteiger partial charge < -0.3 is 10.1 Å². The second kappa shape index (κ2) is 4.49. The summed E-state index contributed by atoms with van der Waals surface area (Å²) in [4.78, 5) is 4.24. The summed E-state index contributed by atoms with van der Waals surface area (Å²) in [6.07, 6.45) is 7.55. The smallest absolute Gasteiger partial charge is 0.213 e. The summed E-state index contributed by atoms with van der Waals surface area (Å²) < 4.78 is 5.71. The molecule has 1 aromatic rings. The van der Waals surface area contributed by atoms with Crippen LogP contribution in [0.15, 0.2) is 24.9 Å². The third-order valence-electron chi connectivity index (χ3n) is 3.75. The molecule has 90 valence electrons. The van der Waals surface area contributed by atoms with Crippen molar-refractivity contribution in [3.8, 4) is 5.88 Å². The molecule has 2 saturated heterocycles. The molecule has 1 aromatic heterocycles. The standard InChI is InChI=1S/C14H18N2O/c1-2-10-3-4-14(15-8-10)17-9-13-7-11-5-12(6-11)16-13/h2-4,8,11-13,16H,1,5-7,9H2. The van der Waals surface area contributed by atoms with Gasteiger partial charge in [0.05, 0.1) is 0 Å². The first-order chi connectivity index (χ1) is 8.33. The van der Waals surface area contributed by atoms with Crippen LogP contribution >= 0.6 is 0 Å². The molecule has 1 N–H and O–H groups in total. The van der Waals surface area contributed by atoms with Crippen LogP contribution < -0.4 is 10.1 Å². The minimum atomic E-state index is 0.508. The molecule has 3 heterocycles. The highest BCUT2D eigenvalue weighted by atomic mass is 16.5. The molecule has 0 amide bonds. The maximum atomic E-state index is 5.71. The van der Waals surface area contributed by atoms with Crippen molar-refractivity contribution in [1.29, 1.82) is 0 Å². The lowest BCUT2D eigenvalue weighted by Crippen LogP contribution is -2.55. The number of nitrogens with zero attached hydrogens (tertiary/aromatic N) is 1. The topological polar surface area (TPSA) is 34.1 Å². The predicted octanol–water partition coefficient (Wildman–Crippen LogP) is 2.24. The summed E-state index contributed by atoms with van der Waals surface area (Å²) in [5.74, 6) is 1.64. The quantitative estimate of drug-likeness (QED) is 0.861. The molecule has 0 aromatic carbocycles. The van der Waals surface area contributed by atoms with Gasteiger partial charge >= 0.3 is 0 Å². The molecule has 3 heteroatoms. The van der Waals surface area contributed by atoms with Gasteiger partial charge in [0.2, 0.25) is 5.88 Å². The lowest BCUT2D eigenvalue weighted by molar-refractivity contribution is 0.0888. The van der Waals surface area contributed by atoms with Gasteiger partial charge in [-0.05, 0) is 36.8 Å². The molecule has 3 fully saturated rings. The number of piperidine rings is 2. The van der Waals surface area contributed by atoms with Crippen molar-refractivity contribution < 1.29 is 4.74 Å². The number of nitrogens with one attached hydrogen (secondary N) is 1. The zero-order chi connectivity index (χ0) is 11.7. The van der Waals surface area contributed by atoms with E-state index in [2.05, 4.69) is 16.9 Å². The number of fused-ring (bicyclic) bond motifs is 2. The summed E-state index contributed by atoms with van der Waals surface area (Å²) in [5.41, 5.74) is 1.02. The Balaban J connectivity index is 1.51. The van der Waals surface area contributed by atoms with E-state index < -0.39 is 0 Å². The van der Waals surface area contributed by atoms with Crippen LogP contribution in [0.2, 0.25) is 0 Å². The number of rotatable bonds is 4. The van der Waals surface area contributed by atoms with Gasteiger partial charge in [0, 0.05) is 24.3 Å². The van der Waals surface area contributed by atoms with Gasteiger partial charge in [-0.1, -0.05) is 12.7 Å². The van der Waals surface area contributed by atoms with E-state index in [1.54, 1.807) is 12.3 Å². The molecule has 1 aliphatic carbocycles. The summed E-state index contributed by atoms with van der Waals surface area (Å²) in [5, 5.41) is 3.61. The largest absolute Gasteiger partial charge is 0.476 e. The lowest BCUT2D eigenvalue weighted by Gasteiger charge is -2.46. The Morgan fingerprint density at radius 2 is 2.29 bits per heavy atom. The van der Waals surface area contributed by atoms with Crippen molar-refractivity contribution >= 4 is 6.08 Å². The number of pyridine rings is 1. The van der Waals surface area contributed by atoms with Gasteiger partial charge in [-0.3, -0.25) is 0 Å². The first kappa shape index (κ1) is 10.8. The molecule has 0 spiro atoms. The zero-order valence-electron chi connectivity index (χ0n) is 9.93. The molecule has 1 unspecified atom stereocenters. The van der Waals surface area contributed by atoms with Crippen molar-refractivity contribution in [3.63, 3.8) is 0 Å². The summed E-state index contributed by atoms with van der Waals surface area (Å²) in [6.45, 7) is 4.43. The molecule has 2 bridgehead atoms. The average Bonchev–Trinajstić information content (AvgIpc) is 2.36. The van der Waals surface area contributed by atoms with Crippen molar-refractivity contribution in [2.75, 3.05) is 6.61 Å². The van der Waals surface area contributed by atoms with E-state index >= 15 is 0 Å². The SMILES string of the molecule is C=Cc1ccc(OCC2CC3CC(C3)N2)nc1. The maximum absolute atomic E-state index is 5.71. The Kier molecular flexibility index (Phi) is 2.85. The molecular weight excluding hydrogens is 212 g/mol. The molecular formula is C14H18N2O. The third-order valence-corrected chi connectivity index (χ3v) is 3.75. The highest BCUT2D eigenvalue weighted by Crippen LogP contribution is 2.36. The predicted molar refractivity (Wildman–Crippen MR) is 67.9 cm³/mol. The summed E-state index contributed by atoms with van der Waals surface area (Å²) in [6, 6.07) is 5.13. The summed E-state index contributed by atoms with van der Waals surface area (Å²) >= 11 is 0. The van der Waals surface area contributed by atoms with Gasteiger partial charge in [0.25, 0.3) is 0 Å². The Morgan fingerprint density at radius 3 is 2.88 bits per heavy atom. The van der Waals surface area contributed by atoms with Crippen molar-refractivity contribution in [3.05, 3.63) is 30.5 Å². The van der Waals surface area contributed by atoms with Crippen LogP contribution in [0.1, 0.15) is 24.8 Å². The maximum Gasteiger partial charge on any atom is 0.213 e. The van der Waals surface area contributed by atoms with Gasteiger partial charge in [-0.25, -0.2) is 4.98 Å². The van der Waals surface area contributed by atoms with Gasteiger partial charge in [0.1, 0.15) is 6.61 Å². The van der Waals surface area contributed by atoms with E-state index in [9.17, 15) is 0 Å². The Hall–Kier alpha value is -1.35. The number of hydrogen-bond donors (Lipinski definition) is 1. The Morgan fingerprint density at radius 1 is 1.41 bits per heavy atom. The first-order valence-corrected chi connectivity index (χ1v) is 6.31. The fraction of sp³-hybridized carbons (Fsp3) is 0.500. The molecule has 2 aliphatic heterocycles. The van der Waals surface area contributed by atoms with Crippen molar-refractivity contribution in [2.45, 2.75) is 31.3 Å². The highest BCUT2D eigenvalue weighted by Gasteiger charge is 2.37. The second-order valence-electron chi connectivity index (χ2n) is 5.08. The van der Waals surface area contributed by atoms with E-state index in [-0.39, 0.29) is 0 Å². The molecule has 0 radical (unpaired) electrons. The monoisotopic (exact) mass is 230 g/mol. The van der Waals surface area contributed by atoms with Crippen LogP contribution in [-0.2, 0) is 0 Å². The fourth-order valence-corrected chi connectivity index (χ4v) is 2.77. The van der Waals surface area contributed by atoms with E-state index in [4.69, 9.17) is 4.74 Å². The van der Waals surface area contributed by atoms with Crippen LogP contribution in [0.3, 0.4) is 0 Å². The molecule has 3 nitrogen and oxygen atoms in total. The average molecular weight is 230 g/mol. The molecule has 3 aliphatic rings. The minimum Gasteiger partial charge on any atom is -0.476 e. The van der Waals surface area contributed by atoms with Crippen LogP contribution in [0.5, 0.6) is 5.88 Å². The van der Waals surface area contributed by atoms with E-state index in [0.29, 0.717) is 11.9 Å². The van der Waals surface area contributed by atoms with Crippen LogP contribution in [0.25, 0.3) is 6.08 Å². The summed E-state index contributed by atoms with van der Waals surface area (Å²) in [7, 11) is 0. The molecule has 17 heavy (non-hydrogen) atoms. The zero-order valence-corrected chi connectivity index (χ0v) is 9.93. The van der Waals surface area contributed by atoms with E-state index in [0.717, 1.165) is 24.1 Å². The van der Waals surface area contributed by atoms with Crippen LogP contribution in [0, 0.1) is 5.92 Å². The Bertz CT molecular complexity index is 385. The van der Waals surface area contributed by atoms with Crippen molar-refractivity contribution in [2.24, 2.45) is 5.92 Å². The number of aromatic nitrogens is 1. The molecule has 4 rings (SSSR count). The van der Waals surface area contributed by atoms with Gasteiger partial charge in [-0.15, -0.1) is 0 Å². The third kappa shape index (κ3) is 2.34. The minimum absolute atomic E-state index is 0.508. The molecule has 1 atom stereocenters. The van der Waals surface area contributed by atoms with Crippen LogP contribution in [-0.4, -0.2) is 23.7 Å². The Labute approximate surface area is 102 Å². The van der Waals surface area contributed by atoms with Gasteiger partial charge in [0.15, 0.2) is 0 Å². The van der Waals surface area contributed by atoms with Crippen LogP contribution in [0.4, 0.5) is 0 Å². The molecule has 1 saturated carbocycles. The normalized spacial score (nSPS) is 30.5.